The Kier molecular flexibility index (Phi) is 6.51. The maximum atomic E-state index is 14.4. The van der Waals surface area contributed by atoms with Gasteiger partial charge in [-0.1, -0.05) is 12.1 Å². The maximum Gasteiger partial charge on any atom is 0.253 e. The van der Waals surface area contributed by atoms with Gasteiger partial charge < -0.3 is 50.2 Å². The number of aliphatic hydroxyl groups is 4. The highest BCUT2D eigenvalue weighted by Crippen LogP contribution is 2.56. The average molecular weight is 657 g/mol. The van der Waals surface area contributed by atoms with Gasteiger partial charge in [-0.05, 0) is 91.4 Å². The molecule has 3 aromatic rings. The standard InChI is InChI=1S/C35H32N2O11/c1-37(2)29-20-8-16-7-19-17(14-3-5-21-23(9-14)47-12-45-21)11-18(15-4-6-22-24(10-15)48-13-46-22)30(38)26(19)31(39)25(16)32(40)27(20)35(43,44)28(33(29)41)34(36)42/h3-6,9-11,16,20,27,29,38-39,41,43-44H,7-8,12-13H2,1-2H3,(H2,36,42)/t16?,20?,27?,29-/m0/s1. The van der Waals surface area contributed by atoms with Crippen LogP contribution in [-0.2, 0) is 16.0 Å². The van der Waals surface area contributed by atoms with Crippen molar-refractivity contribution >= 4 is 17.4 Å². The summed E-state index contributed by atoms with van der Waals surface area (Å²) in [5.41, 5.74) is 7.32. The first-order valence-electron chi connectivity index (χ1n) is 15.4. The Hall–Kier alpha value is -5.24. The number of nitrogens with zero attached hydrogens (tertiary/aromatic N) is 1. The van der Waals surface area contributed by atoms with Gasteiger partial charge in [0.1, 0.15) is 22.8 Å². The summed E-state index contributed by atoms with van der Waals surface area (Å²) < 4.78 is 22.2. The molecule has 2 aliphatic heterocycles. The second-order valence-corrected chi connectivity index (χ2v) is 13.0. The number of carbonyl (C=O) groups is 2. The molecule has 0 spiro atoms. The van der Waals surface area contributed by atoms with Gasteiger partial charge in [0.15, 0.2) is 28.8 Å². The summed E-state index contributed by atoms with van der Waals surface area (Å²) in [5.74, 6) is -7.70. The number of likely N-dealkylation sites (N-methyl/N-ethyl adjacent to an activating group) is 1. The van der Waals surface area contributed by atoms with Crippen LogP contribution in [0.5, 0.6) is 28.7 Å². The Morgan fingerprint density at radius 2 is 1.46 bits per heavy atom. The number of hydrogen-bond donors (Lipinski definition) is 6. The fourth-order valence-corrected chi connectivity index (χ4v) is 8.23. The van der Waals surface area contributed by atoms with Crippen LogP contribution in [0.25, 0.3) is 28.0 Å². The van der Waals surface area contributed by atoms with Crippen molar-refractivity contribution < 1.29 is 54.1 Å². The highest BCUT2D eigenvalue weighted by Gasteiger charge is 2.62. The van der Waals surface area contributed by atoms with Crippen molar-refractivity contribution in [2.75, 3.05) is 27.7 Å². The molecule has 13 heteroatoms. The normalized spacial score (nSPS) is 24.8. The van der Waals surface area contributed by atoms with Crippen LogP contribution in [0.2, 0.25) is 0 Å². The third kappa shape index (κ3) is 4.14. The molecule has 1 saturated carbocycles. The lowest BCUT2D eigenvalue weighted by molar-refractivity contribution is -0.203. The molecule has 13 nitrogen and oxygen atoms in total. The van der Waals surface area contributed by atoms with Crippen LogP contribution in [0, 0.1) is 17.8 Å². The highest BCUT2D eigenvalue weighted by molar-refractivity contribution is 6.08. The topological polar surface area (TPSA) is 201 Å². The predicted molar refractivity (Wildman–Crippen MR) is 168 cm³/mol. The summed E-state index contributed by atoms with van der Waals surface area (Å²) in [6.07, 6.45) is 0.307. The van der Waals surface area contributed by atoms with Crippen molar-refractivity contribution in [2.24, 2.45) is 23.5 Å². The fraction of sp³-hybridized carbons (Fsp3) is 0.314. The Balaban J connectivity index is 1.34. The smallest absolute Gasteiger partial charge is 0.253 e. The second kappa shape index (κ2) is 10.4. The van der Waals surface area contributed by atoms with Crippen molar-refractivity contribution in [2.45, 2.75) is 24.7 Å². The third-order valence-corrected chi connectivity index (χ3v) is 10.2. The van der Waals surface area contributed by atoms with Crippen molar-refractivity contribution in [3.63, 3.8) is 0 Å². The minimum Gasteiger partial charge on any atom is -0.510 e. The lowest BCUT2D eigenvalue weighted by Crippen LogP contribution is -2.62. The fourth-order valence-electron chi connectivity index (χ4n) is 8.23. The minimum absolute atomic E-state index is 0.0193. The van der Waals surface area contributed by atoms with Crippen LogP contribution >= 0.6 is 0 Å². The summed E-state index contributed by atoms with van der Waals surface area (Å²) in [7, 11) is 3.27. The van der Waals surface area contributed by atoms with E-state index in [4.69, 9.17) is 24.7 Å². The van der Waals surface area contributed by atoms with E-state index in [0.29, 0.717) is 50.8 Å². The third-order valence-electron chi connectivity index (χ3n) is 10.2. The summed E-state index contributed by atoms with van der Waals surface area (Å²) in [6, 6.07) is 11.4. The molecular formula is C35H32N2O11. The zero-order valence-electron chi connectivity index (χ0n) is 25.9. The van der Waals surface area contributed by atoms with E-state index in [-0.39, 0.29) is 43.3 Å². The first kappa shape index (κ1) is 30.1. The number of aromatic hydroxyl groups is 1. The Morgan fingerprint density at radius 1 is 0.875 bits per heavy atom. The molecule has 3 aromatic carbocycles. The van der Waals surface area contributed by atoms with Gasteiger partial charge in [-0.15, -0.1) is 0 Å². The van der Waals surface area contributed by atoms with E-state index in [1.807, 2.05) is 6.07 Å². The number of primary amides is 1. The number of nitrogens with two attached hydrogens (primary N) is 1. The highest BCUT2D eigenvalue weighted by atomic mass is 16.7. The van der Waals surface area contributed by atoms with Crippen molar-refractivity contribution in [1.82, 2.24) is 4.90 Å². The second-order valence-electron chi connectivity index (χ2n) is 13.0. The van der Waals surface area contributed by atoms with Gasteiger partial charge in [-0.25, -0.2) is 0 Å². The molecule has 7 N–H and O–H groups in total. The number of ketones is 1. The molecule has 3 unspecified atom stereocenters. The van der Waals surface area contributed by atoms with Crippen LogP contribution in [0.4, 0.5) is 0 Å². The van der Waals surface area contributed by atoms with Crippen molar-refractivity contribution in [1.29, 1.82) is 0 Å². The van der Waals surface area contributed by atoms with Crippen molar-refractivity contribution in [3.8, 4) is 51.0 Å². The van der Waals surface area contributed by atoms with E-state index in [2.05, 4.69) is 0 Å². The Labute approximate surface area is 273 Å². The van der Waals surface area contributed by atoms with Crippen LogP contribution < -0.4 is 24.7 Å². The van der Waals surface area contributed by atoms with Crippen LogP contribution in [-0.4, -0.2) is 81.6 Å². The van der Waals surface area contributed by atoms with Gasteiger partial charge in [-0.3, -0.25) is 14.5 Å². The molecule has 3 aliphatic carbocycles. The molecule has 48 heavy (non-hydrogen) atoms. The number of rotatable bonds is 4. The van der Waals surface area contributed by atoms with E-state index < -0.39 is 58.4 Å². The van der Waals surface area contributed by atoms with E-state index in [9.17, 15) is 35.1 Å². The van der Waals surface area contributed by atoms with Gasteiger partial charge in [0, 0.05) is 11.1 Å². The molecule has 0 bridgehead atoms. The van der Waals surface area contributed by atoms with Crippen LogP contribution in [0.3, 0.4) is 0 Å². The molecule has 4 atom stereocenters. The van der Waals surface area contributed by atoms with Crippen LogP contribution in [0.15, 0.2) is 59.4 Å². The number of hydrogen-bond acceptors (Lipinski definition) is 12. The number of allylic oxidation sites excluding steroid dienone is 1. The number of phenols is 1. The lowest BCUT2D eigenvalue weighted by Gasteiger charge is -2.51. The Morgan fingerprint density at radius 3 is 2.04 bits per heavy atom. The molecule has 5 aliphatic rings. The molecule has 0 radical (unpaired) electrons. The largest absolute Gasteiger partial charge is 0.510 e. The monoisotopic (exact) mass is 656 g/mol. The van der Waals surface area contributed by atoms with Gasteiger partial charge in [-0.2, -0.15) is 0 Å². The predicted octanol–water partition coefficient (Wildman–Crippen LogP) is 2.75. The number of phenolic OH excluding ortho intramolecular Hbond substituents is 1. The summed E-state index contributed by atoms with van der Waals surface area (Å²) >= 11 is 0. The summed E-state index contributed by atoms with van der Waals surface area (Å²) in [4.78, 5) is 28.4. The molecule has 0 saturated heterocycles. The zero-order chi connectivity index (χ0) is 33.8. The molecule has 8 rings (SSSR count). The van der Waals surface area contributed by atoms with E-state index in [1.54, 1.807) is 55.4 Å². The number of ether oxygens (including phenoxy) is 4. The van der Waals surface area contributed by atoms with Gasteiger partial charge in [0.05, 0.1) is 17.5 Å². The number of aliphatic hydroxyl groups excluding tert-OH is 2. The number of fused-ring (bicyclic) bond motifs is 5. The van der Waals surface area contributed by atoms with E-state index in [0.717, 1.165) is 0 Å². The van der Waals surface area contributed by atoms with Gasteiger partial charge >= 0.3 is 0 Å². The summed E-state index contributed by atoms with van der Waals surface area (Å²) in [5, 5.41) is 57.6. The molecule has 1 amide bonds. The molecule has 2 heterocycles. The van der Waals surface area contributed by atoms with Crippen LogP contribution in [0.1, 0.15) is 17.5 Å². The number of amides is 1. The van der Waals surface area contributed by atoms with E-state index >= 15 is 0 Å². The average Bonchev–Trinajstić information content (AvgIpc) is 3.69. The lowest BCUT2D eigenvalue weighted by atomic mass is 9.57. The molecule has 248 valence electrons. The molecule has 0 aromatic heterocycles. The molecular weight excluding hydrogens is 624 g/mol. The van der Waals surface area contributed by atoms with Crippen molar-refractivity contribution in [3.05, 3.63) is 70.5 Å². The Bertz CT molecular complexity index is 2010. The first-order chi connectivity index (χ1) is 22.9. The van der Waals surface area contributed by atoms with Gasteiger partial charge in [0.25, 0.3) is 5.91 Å². The quantitative estimate of drug-likeness (QED) is 0.225. The zero-order valence-corrected chi connectivity index (χ0v) is 25.9. The maximum absolute atomic E-state index is 14.4. The van der Waals surface area contributed by atoms with E-state index in [1.165, 1.54) is 0 Å². The first-order valence-corrected chi connectivity index (χ1v) is 15.4. The SMILES string of the molecule is CN(C)[C@@H]1C(O)=C(C(N)=O)C(O)(O)C2C(=O)C3=C(O)c4c(O)c(-c5ccc6c(c5)OCO6)cc(-c5ccc6c(c5)OCO6)c4CC3CC21. The minimum atomic E-state index is -3.11. The number of benzene rings is 3. The summed E-state index contributed by atoms with van der Waals surface area (Å²) in [6.45, 7) is 0.115. The number of carbonyl (C=O) groups excluding carboxylic acids is 2. The van der Waals surface area contributed by atoms with Gasteiger partial charge in [0.2, 0.25) is 19.4 Å². The number of Topliss-reactive ketones (excluding diaryl/α,β-unsaturated/α-hetero) is 1. The molecule has 1 fully saturated rings.